The van der Waals surface area contributed by atoms with Crippen molar-refractivity contribution < 1.29 is 5.11 Å². The number of aliphatic hydroxyl groups is 1. The Morgan fingerprint density at radius 1 is 1.64 bits per heavy atom. The van der Waals surface area contributed by atoms with Gasteiger partial charge in [-0.1, -0.05) is 0 Å². The summed E-state index contributed by atoms with van der Waals surface area (Å²) in [7, 11) is 0. The SMILES string of the molecule is C[C@@H](O)CN1CNC(=S)NC1. The average molecular weight is 175 g/mol. The van der Waals surface area contributed by atoms with Crippen LogP contribution in [-0.2, 0) is 0 Å². The van der Waals surface area contributed by atoms with Crippen LogP contribution in [0.5, 0.6) is 0 Å². The number of thiocarbonyl (C=S) groups is 1. The standard InChI is InChI=1S/C6H13N3OS/c1-5(10)2-9-3-7-6(11)8-4-9/h5,10H,2-4H2,1H3,(H2,7,8,11)/t5-/m1/s1. The molecule has 0 aromatic rings. The molecule has 0 aromatic carbocycles. The summed E-state index contributed by atoms with van der Waals surface area (Å²) in [5, 5.41) is 15.7. The number of nitrogens with one attached hydrogen (secondary N) is 2. The van der Waals surface area contributed by atoms with Gasteiger partial charge in [0, 0.05) is 6.54 Å². The Kier molecular flexibility index (Phi) is 3.04. The van der Waals surface area contributed by atoms with Crippen molar-refractivity contribution in [1.29, 1.82) is 0 Å². The summed E-state index contributed by atoms with van der Waals surface area (Å²) in [5.41, 5.74) is 0. The lowest BCUT2D eigenvalue weighted by molar-refractivity contribution is 0.117. The number of aliphatic hydroxyl groups excluding tert-OH is 1. The molecule has 0 aromatic heterocycles. The van der Waals surface area contributed by atoms with Crippen LogP contribution in [-0.4, -0.2) is 41.1 Å². The van der Waals surface area contributed by atoms with Crippen LogP contribution >= 0.6 is 12.2 Å². The van der Waals surface area contributed by atoms with Crippen molar-refractivity contribution in [1.82, 2.24) is 15.5 Å². The predicted octanol–water partition coefficient (Wildman–Crippen LogP) is -0.938. The summed E-state index contributed by atoms with van der Waals surface area (Å²) in [5.74, 6) is 0. The van der Waals surface area contributed by atoms with Gasteiger partial charge < -0.3 is 15.7 Å². The number of rotatable bonds is 2. The van der Waals surface area contributed by atoms with Crippen LogP contribution in [0.4, 0.5) is 0 Å². The van der Waals surface area contributed by atoms with E-state index in [1.54, 1.807) is 6.92 Å². The molecule has 0 saturated carbocycles. The van der Waals surface area contributed by atoms with Gasteiger partial charge in [0.25, 0.3) is 0 Å². The number of nitrogens with zero attached hydrogens (tertiary/aromatic N) is 1. The lowest BCUT2D eigenvalue weighted by Gasteiger charge is -2.30. The minimum atomic E-state index is -0.287. The third kappa shape index (κ3) is 3.00. The highest BCUT2D eigenvalue weighted by atomic mass is 32.1. The highest BCUT2D eigenvalue weighted by Gasteiger charge is 2.12. The Labute approximate surface area is 71.6 Å². The van der Waals surface area contributed by atoms with Gasteiger partial charge in [-0.3, -0.25) is 4.90 Å². The van der Waals surface area contributed by atoms with E-state index in [1.807, 2.05) is 4.90 Å². The third-order valence-electron chi connectivity index (χ3n) is 1.45. The molecule has 5 heteroatoms. The van der Waals surface area contributed by atoms with Crippen molar-refractivity contribution in [2.24, 2.45) is 0 Å². The molecule has 1 aliphatic rings. The molecule has 1 saturated heterocycles. The van der Waals surface area contributed by atoms with Gasteiger partial charge in [0.05, 0.1) is 19.4 Å². The average Bonchev–Trinajstić information content (AvgIpc) is 1.93. The lowest BCUT2D eigenvalue weighted by atomic mass is 10.4. The zero-order chi connectivity index (χ0) is 8.27. The molecule has 1 heterocycles. The molecule has 0 aliphatic carbocycles. The van der Waals surface area contributed by atoms with Gasteiger partial charge in [0.15, 0.2) is 5.11 Å². The molecule has 1 fully saturated rings. The van der Waals surface area contributed by atoms with Gasteiger partial charge in [0.1, 0.15) is 0 Å². The maximum Gasteiger partial charge on any atom is 0.168 e. The van der Waals surface area contributed by atoms with Crippen molar-refractivity contribution in [3.8, 4) is 0 Å². The van der Waals surface area contributed by atoms with Crippen LogP contribution < -0.4 is 10.6 Å². The van der Waals surface area contributed by atoms with Crippen molar-refractivity contribution in [2.45, 2.75) is 13.0 Å². The van der Waals surface area contributed by atoms with E-state index in [4.69, 9.17) is 17.3 Å². The first-order chi connectivity index (χ1) is 5.18. The fraction of sp³-hybridized carbons (Fsp3) is 0.833. The molecule has 3 N–H and O–H groups in total. The number of hydrogen-bond donors (Lipinski definition) is 3. The quantitative estimate of drug-likeness (QED) is 0.473. The van der Waals surface area contributed by atoms with E-state index >= 15 is 0 Å². The molecular weight excluding hydrogens is 162 g/mol. The maximum atomic E-state index is 9.04. The Hall–Kier alpha value is -0.390. The molecule has 0 amide bonds. The van der Waals surface area contributed by atoms with Gasteiger partial charge in [-0.2, -0.15) is 0 Å². The van der Waals surface area contributed by atoms with E-state index < -0.39 is 0 Å². The summed E-state index contributed by atoms with van der Waals surface area (Å²) in [6.07, 6.45) is -0.287. The van der Waals surface area contributed by atoms with Crippen molar-refractivity contribution >= 4 is 17.3 Å². The first kappa shape index (κ1) is 8.70. The van der Waals surface area contributed by atoms with Gasteiger partial charge >= 0.3 is 0 Å². The smallest absolute Gasteiger partial charge is 0.168 e. The van der Waals surface area contributed by atoms with E-state index in [2.05, 4.69) is 10.6 Å². The van der Waals surface area contributed by atoms with E-state index in [0.29, 0.717) is 11.7 Å². The van der Waals surface area contributed by atoms with E-state index in [9.17, 15) is 0 Å². The van der Waals surface area contributed by atoms with Crippen LogP contribution in [0.15, 0.2) is 0 Å². The topological polar surface area (TPSA) is 47.5 Å². The Balaban J connectivity index is 2.22. The van der Waals surface area contributed by atoms with E-state index in [-0.39, 0.29) is 6.10 Å². The van der Waals surface area contributed by atoms with Gasteiger partial charge in [0.2, 0.25) is 0 Å². The normalized spacial score (nSPS) is 22.2. The summed E-state index contributed by atoms with van der Waals surface area (Å²) >= 11 is 4.86. The maximum absolute atomic E-state index is 9.04. The monoisotopic (exact) mass is 175 g/mol. The summed E-state index contributed by atoms with van der Waals surface area (Å²) < 4.78 is 0. The second-order valence-electron chi connectivity index (χ2n) is 2.70. The van der Waals surface area contributed by atoms with Crippen molar-refractivity contribution in [3.05, 3.63) is 0 Å². The Morgan fingerprint density at radius 2 is 2.18 bits per heavy atom. The lowest BCUT2D eigenvalue weighted by Crippen LogP contribution is -2.55. The second-order valence-corrected chi connectivity index (χ2v) is 3.11. The van der Waals surface area contributed by atoms with Crippen molar-refractivity contribution in [2.75, 3.05) is 19.9 Å². The van der Waals surface area contributed by atoms with Crippen LogP contribution in [0.3, 0.4) is 0 Å². The Morgan fingerprint density at radius 3 is 2.64 bits per heavy atom. The van der Waals surface area contributed by atoms with Crippen LogP contribution in [0, 0.1) is 0 Å². The molecule has 64 valence electrons. The second kappa shape index (κ2) is 3.85. The van der Waals surface area contributed by atoms with E-state index in [0.717, 1.165) is 13.3 Å². The highest BCUT2D eigenvalue weighted by molar-refractivity contribution is 7.80. The molecule has 0 spiro atoms. The fourth-order valence-electron chi connectivity index (χ4n) is 0.988. The molecular formula is C6H13N3OS. The number of hydrogen-bond acceptors (Lipinski definition) is 3. The molecule has 0 radical (unpaired) electrons. The van der Waals surface area contributed by atoms with Crippen LogP contribution in [0.1, 0.15) is 6.92 Å². The summed E-state index contributed by atoms with van der Waals surface area (Å²) in [4.78, 5) is 2.04. The van der Waals surface area contributed by atoms with Crippen LogP contribution in [0.2, 0.25) is 0 Å². The third-order valence-corrected chi connectivity index (χ3v) is 1.74. The van der Waals surface area contributed by atoms with Gasteiger partial charge in [-0.15, -0.1) is 0 Å². The molecule has 11 heavy (non-hydrogen) atoms. The summed E-state index contributed by atoms with van der Waals surface area (Å²) in [6, 6.07) is 0. The molecule has 4 nitrogen and oxygen atoms in total. The van der Waals surface area contributed by atoms with Crippen molar-refractivity contribution in [3.63, 3.8) is 0 Å². The molecule has 0 unspecified atom stereocenters. The first-order valence-corrected chi connectivity index (χ1v) is 4.01. The summed E-state index contributed by atoms with van der Waals surface area (Å²) in [6.45, 7) is 3.88. The predicted molar refractivity (Wildman–Crippen MR) is 47.0 cm³/mol. The van der Waals surface area contributed by atoms with E-state index in [1.165, 1.54) is 0 Å². The number of β-amino-alcohol motifs (C(OH)–C–C–N with tert-alkyl or cyclic N) is 1. The molecule has 0 bridgehead atoms. The first-order valence-electron chi connectivity index (χ1n) is 3.60. The minimum absolute atomic E-state index is 0.287. The largest absolute Gasteiger partial charge is 0.392 e. The fourth-order valence-corrected chi connectivity index (χ4v) is 1.12. The van der Waals surface area contributed by atoms with Gasteiger partial charge in [-0.25, -0.2) is 0 Å². The minimum Gasteiger partial charge on any atom is -0.392 e. The highest BCUT2D eigenvalue weighted by Crippen LogP contribution is 1.91. The molecule has 1 rings (SSSR count). The van der Waals surface area contributed by atoms with Crippen LogP contribution in [0.25, 0.3) is 0 Å². The Bertz CT molecular complexity index is 141. The van der Waals surface area contributed by atoms with Gasteiger partial charge in [-0.05, 0) is 19.1 Å². The molecule has 1 aliphatic heterocycles. The zero-order valence-corrected chi connectivity index (χ0v) is 7.32. The molecule has 1 atom stereocenters. The zero-order valence-electron chi connectivity index (χ0n) is 6.50.